The van der Waals surface area contributed by atoms with Crippen LogP contribution in [0.1, 0.15) is 26.5 Å². The lowest BCUT2D eigenvalue weighted by atomic mass is 9.91. The van der Waals surface area contributed by atoms with Crippen molar-refractivity contribution in [3.8, 4) is 0 Å². The molecule has 1 aromatic rings. The second-order valence-corrected chi connectivity index (χ2v) is 4.93. The Balaban J connectivity index is 2.83. The summed E-state index contributed by atoms with van der Waals surface area (Å²) in [4.78, 5) is 0. The average Bonchev–Trinajstić information content (AvgIpc) is 2.16. The van der Waals surface area contributed by atoms with Crippen molar-refractivity contribution in [2.75, 3.05) is 5.73 Å². The smallest absolute Gasteiger partial charge is 0.159 e. The molecule has 0 saturated heterocycles. The summed E-state index contributed by atoms with van der Waals surface area (Å²) in [6, 6.07) is 0. The van der Waals surface area contributed by atoms with Crippen LogP contribution in [-0.2, 0) is 6.42 Å². The van der Waals surface area contributed by atoms with Crippen molar-refractivity contribution < 1.29 is 0 Å². The Kier molecular flexibility index (Phi) is 2.46. The number of nitrogens with zero attached hydrogens (tertiary/aromatic N) is 1. The number of nitrogens with two attached hydrogens (primary N) is 1. The molecule has 0 aliphatic rings. The maximum atomic E-state index is 5.57. The van der Waals surface area contributed by atoms with E-state index in [0.717, 1.165) is 16.6 Å². The number of H-pyrrole nitrogens is 1. The maximum Gasteiger partial charge on any atom is 0.159 e. The van der Waals surface area contributed by atoms with Gasteiger partial charge in [-0.15, -0.1) is 0 Å². The number of nitrogen functional groups attached to an aromatic ring is 1. The van der Waals surface area contributed by atoms with Crippen molar-refractivity contribution in [1.29, 1.82) is 0 Å². The van der Waals surface area contributed by atoms with Gasteiger partial charge in [0, 0.05) is 0 Å². The van der Waals surface area contributed by atoms with E-state index in [4.69, 9.17) is 5.73 Å². The maximum absolute atomic E-state index is 5.57. The molecule has 1 rings (SSSR count). The predicted octanol–water partition coefficient (Wildman–Crippen LogP) is 2.34. The Morgan fingerprint density at radius 1 is 1.50 bits per heavy atom. The van der Waals surface area contributed by atoms with E-state index in [1.807, 2.05) is 0 Å². The van der Waals surface area contributed by atoms with Crippen LogP contribution in [0.3, 0.4) is 0 Å². The third kappa shape index (κ3) is 2.24. The van der Waals surface area contributed by atoms with Gasteiger partial charge >= 0.3 is 0 Å². The molecule has 0 aliphatic carbocycles. The summed E-state index contributed by atoms with van der Waals surface area (Å²) >= 11 is 3.38. The van der Waals surface area contributed by atoms with E-state index in [9.17, 15) is 0 Å². The van der Waals surface area contributed by atoms with E-state index < -0.39 is 0 Å². The molecular weight excluding hydrogens is 218 g/mol. The summed E-state index contributed by atoms with van der Waals surface area (Å²) in [6.07, 6.45) is 0.942. The van der Waals surface area contributed by atoms with Crippen LogP contribution in [0.25, 0.3) is 0 Å². The largest absolute Gasteiger partial charge is 0.381 e. The van der Waals surface area contributed by atoms with E-state index in [1.165, 1.54) is 0 Å². The highest BCUT2D eigenvalue weighted by Crippen LogP contribution is 2.27. The molecule has 0 bridgehead atoms. The van der Waals surface area contributed by atoms with Crippen LogP contribution < -0.4 is 5.73 Å². The lowest BCUT2D eigenvalue weighted by Crippen LogP contribution is -2.09. The summed E-state index contributed by atoms with van der Waals surface area (Å²) in [7, 11) is 0. The molecule has 3 nitrogen and oxygen atoms in total. The molecular formula is C8H14BrN3. The minimum atomic E-state index is 0.251. The topological polar surface area (TPSA) is 54.7 Å². The van der Waals surface area contributed by atoms with Crippen molar-refractivity contribution in [3.05, 3.63) is 10.2 Å². The molecule has 4 heteroatoms. The van der Waals surface area contributed by atoms with Crippen molar-refractivity contribution >= 4 is 21.7 Å². The molecule has 0 aliphatic heterocycles. The Bertz CT molecular complexity index is 272. The molecule has 0 unspecified atom stereocenters. The minimum absolute atomic E-state index is 0.251. The van der Waals surface area contributed by atoms with E-state index in [0.29, 0.717) is 5.82 Å². The van der Waals surface area contributed by atoms with Crippen LogP contribution in [0, 0.1) is 5.41 Å². The summed E-state index contributed by atoms with van der Waals surface area (Å²) < 4.78 is 0.900. The first-order valence-corrected chi connectivity index (χ1v) is 4.67. The standard InChI is InChI=1S/C8H14BrN3/c1-8(2,3)4-5-6(9)7(10)12-11-5/h4H2,1-3H3,(H3,10,11,12). The number of halogens is 1. The molecule has 68 valence electrons. The number of aromatic amines is 1. The number of aromatic nitrogens is 2. The Labute approximate surface area is 80.9 Å². The summed E-state index contributed by atoms with van der Waals surface area (Å²) in [5.74, 6) is 0.536. The van der Waals surface area contributed by atoms with Gasteiger partial charge in [-0.1, -0.05) is 20.8 Å². The van der Waals surface area contributed by atoms with E-state index in [2.05, 4.69) is 46.9 Å². The predicted molar refractivity (Wildman–Crippen MR) is 53.9 cm³/mol. The molecule has 0 atom stereocenters. The Morgan fingerprint density at radius 2 is 2.08 bits per heavy atom. The average molecular weight is 232 g/mol. The fraction of sp³-hybridized carbons (Fsp3) is 0.625. The zero-order chi connectivity index (χ0) is 9.35. The van der Waals surface area contributed by atoms with Gasteiger partial charge in [0.2, 0.25) is 0 Å². The molecule has 0 saturated carbocycles. The highest BCUT2D eigenvalue weighted by atomic mass is 79.9. The van der Waals surface area contributed by atoms with E-state index >= 15 is 0 Å². The van der Waals surface area contributed by atoms with Crippen molar-refractivity contribution in [3.63, 3.8) is 0 Å². The van der Waals surface area contributed by atoms with E-state index in [-0.39, 0.29) is 5.41 Å². The van der Waals surface area contributed by atoms with Crippen molar-refractivity contribution in [2.45, 2.75) is 27.2 Å². The fourth-order valence-corrected chi connectivity index (χ4v) is 1.35. The molecule has 0 radical (unpaired) electrons. The normalized spacial score (nSPS) is 12.0. The van der Waals surface area contributed by atoms with Gasteiger partial charge in [0.15, 0.2) is 5.82 Å². The SMILES string of the molecule is CC(C)(C)Cc1[nH]nc(N)c1Br. The van der Waals surface area contributed by atoms with Crippen LogP contribution in [0.5, 0.6) is 0 Å². The third-order valence-corrected chi connectivity index (χ3v) is 2.39. The van der Waals surface area contributed by atoms with Crippen molar-refractivity contribution in [2.24, 2.45) is 5.41 Å². The van der Waals surface area contributed by atoms with Crippen LogP contribution in [-0.4, -0.2) is 10.2 Å². The van der Waals surface area contributed by atoms with E-state index in [1.54, 1.807) is 0 Å². The summed E-state index contributed by atoms with van der Waals surface area (Å²) in [5, 5.41) is 6.81. The first kappa shape index (κ1) is 9.58. The van der Waals surface area contributed by atoms with Gasteiger partial charge in [-0.2, -0.15) is 5.10 Å². The molecule has 3 N–H and O–H groups in total. The fourth-order valence-electron chi connectivity index (χ4n) is 1.03. The quantitative estimate of drug-likeness (QED) is 0.780. The Morgan fingerprint density at radius 3 is 2.42 bits per heavy atom. The van der Waals surface area contributed by atoms with Gasteiger partial charge in [0.1, 0.15) is 0 Å². The van der Waals surface area contributed by atoms with Gasteiger partial charge in [-0.3, -0.25) is 5.10 Å². The molecule has 0 fully saturated rings. The van der Waals surface area contributed by atoms with Gasteiger partial charge < -0.3 is 5.73 Å². The molecule has 1 heterocycles. The van der Waals surface area contributed by atoms with Gasteiger partial charge in [0.05, 0.1) is 10.2 Å². The lowest BCUT2D eigenvalue weighted by molar-refractivity contribution is 0.405. The van der Waals surface area contributed by atoms with Gasteiger partial charge in [0.25, 0.3) is 0 Å². The van der Waals surface area contributed by atoms with Crippen LogP contribution in [0.15, 0.2) is 4.47 Å². The zero-order valence-corrected chi connectivity index (χ0v) is 9.20. The zero-order valence-electron chi connectivity index (χ0n) is 7.61. The summed E-state index contributed by atoms with van der Waals surface area (Å²) in [6.45, 7) is 6.53. The van der Waals surface area contributed by atoms with Crippen LogP contribution in [0.4, 0.5) is 5.82 Å². The molecule has 0 aromatic carbocycles. The Hall–Kier alpha value is -0.510. The number of hydrogen-bond donors (Lipinski definition) is 2. The van der Waals surface area contributed by atoms with Crippen LogP contribution in [0.2, 0.25) is 0 Å². The lowest BCUT2D eigenvalue weighted by Gasteiger charge is -2.16. The first-order chi connectivity index (χ1) is 5.40. The second kappa shape index (κ2) is 3.09. The molecule has 0 amide bonds. The molecule has 12 heavy (non-hydrogen) atoms. The van der Waals surface area contributed by atoms with Gasteiger partial charge in [-0.25, -0.2) is 0 Å². The second-order valence-electron chi connectivity index (χ2n) is 4.14. The number of hydrogen-bond acceptors (Lipinski definition) is 2. The monoisotopic (exact) mass is 231 g/mol. The number of anilines is 1. The third-order valence-electron chi connectivity index (χ3n) is 1.51. The molecule has 0 spiro atoms. The molecule has 1 aromatic heterocycles. The highest BCUT2D eigenvalue weighted by molar-refractivity contribution is 9.10. The summed E-state index contributed by atoms with van der Waals surface area (Å²) in [5.41, 5.74) is 6.89. The van der Waals surface area contributed by atoms with Gasteiger partial charge in [-0.05, 0) is 27.8 Å². The minimum Gasteiger partial charge on any atom is -0.381 e. The number of rotatable bonds is 1. The number of nitrogens with one attached hydrogen (secondary N) is 1. The van der Waals surface area contributed by atoms with Crippen molar-refractivity contribution in [1.82, 2.24) is 10.2 Å². The first-order valence-electron chi connectivity index (χ1n) is 3.88. The highest BCUT2D eigenvalue weighted by Gasteiger charge is 2.16. The van der Waals surface area contributed by atoms with Crippen LogP contribution >= 0.6 is 15.9 Å².